The number of urea groups is 1. The summed E-state index contributed by atoms with van der Waals surface area (Å²) in [7, 11) is 0. The van der Waals surface area contributed by atoms with Gasteiger partial charge in [-0.05, 0) is 30.4 Å². The highest BCUT2D eigenvalue weighted by molar-refractivity contribution is 5.74. The lowest BCUT2D eigenvalue weighted by molar-refractivity contribution is 0.216. The van der Waals surface area contributed by atoms with Gasteiger partial charge in [0.15, 0.2) is 0 Å². The Morgan fingerprint density at radius 3 is 2.17 bits per heavy atom. The highest BCUT2D eigenvalue weighted by atomic mass is 16.3. The van der Waals surface area contributed by atoms with Gasteiger partial charge in [0.1, 0.15) is 0 Å². The molecular weight excluding hydrogens is 288 g/mol. The van der Waals surface area contributed by atoms with Crippen LogP contribution in [0.2, 0.25) is 0 Å². The van der Waals surface area contributed by atoms with Gasteiger partial charge < -0.3 is 15.7 Å². The summed E-state index contributed by atoms with van der Waals surface area (Å²) in [5.74, 6) is 0. The van der Waals surface area contributed by atoms with Crippen LogP contribution in [-0.4, -0.2) is 30.3 Å². The predicted molar refractivity (Wildman–Crippen MR) is 92.3 cm³/mol. The predicted octanol–water partition coefficient (Wildman–Crippen LogP) is 2.52. The van der Waals surface area contributed by atoms with Crippen LogP contribution in [0.25, 0.3) is 0 Å². The van der Waals surface area contributed by atoms with Crippen molar-refractivity contribution < 1.29 is 9.90 Å². The zero-order valence-corrected chi connectivity index (χ0v) is 13.2. The van der Waals surface area contributed by atoms with Crippen molar-refractivity contribution in [2.75, 3.05) is 13.2 Å². The van der Waals surface area contributed by atoms with E-state index in [9.17, 15) is 9.90 Å². The first-order chi connectivity index (χ1) is 11.3. The van der Waals surface area contributed by atoms with E-state index in [1.807, 2.05) is 48.5 Å². The average Bonchev–Trinajstić information content (AvgIpc) is 2.60. The number of hydrogen-bond donors (Lipinski definition) is 3. The molecule has 0 aromatic heterocycles. The molecule has 1 atom stereocenters. The van der Waals surface area contributed by atoms with Gasteiger partial charge >= 0.3 is 6.03 Å². The van der Waals surface area contributed by atoms with Crippen LogP contribution in [0, 0.1) is 0 Å². The average molecular weight is 312 g/mol. The van der Waals surface area contributed by atoms with Crippen molar-refractivity contribution in [3.63, 3.8) is 0 Å². The van der Waals surface area contributed by atoms with E-state index in [0.717, 1.165) is 18.4 Å². The minimum Gasteiger partial charge on any atom is -0.394 e. The van der Waals surface area contributed by atoms with E-state index >= 15 is 0 Å². The van der Waals surface area contributed by atoms with Crippen LogP contribution in [0.5, 0.6) is 0 Å². The topological polar surface area (TPSA) is 61.4 Å². The molecule has 0 aliphatic rings. The minimum atomic E-state index is -0.272. The van der Waals surface area contributed by atoms with Gasteiger partial charge in [0.05, 0.1) is 12.6 Å². The minimum absolute atomic E-state index is 0.0771. The lowest BCUT2D eigenvalue weighted by Crippen LogP contribution is -2.45. The maximum Gasteiger partial charge on any atom is 0.315 e. The smallest absolute Gasteiger partial charge is 0.315 e. The molecule has 0 bridgehead atoms. The van der Waals surface area contributed by atoms with E-state index in [1.54, 1.807) is 0 Å². The van der Waals surface area contributed by atoms with Crippen LogP contribution in [0.3, 0.4) is 0 Å². The third kappa shape index (κ3) is 6.53. The molecule has 2 amide bonds. The van der Waals surface area contributed by atoms with E-state index in [2.05, 4.69) is 22.8 Å². The number of aryl methyl sites for hydroxylation is 1. The summed E-state index contributed by atoms with van der Waals surface area (Å²) in [5.41, 5.74) is 2.36. The van der Waals surface area contributed by atoms with Crippen molar-refractivity contribution in [1.82, 2.24) is 10.6 Å². The van der Waals surface area contributed by atoms with Gasteiger partial charge in [-0.3, -0.25) is 0 Å². The summed E-state index contributed by atoms with van der Waals surface area (Å²) in [4.78, 5) is 11.9. The first-order valence-electron chi connectivity index (χ1n) is 8.01. The SMILES string of the molecule is O=C(NCCCc1ccccc1)N[C@H](CO)Cc1ccccc1. The van der Waals surface area contributed by atoms with Crippen LogP contribution in [0.15, 0.2) is 60.7 Å². The van der Waals surface area contributed by atoms with Crippen molar-refractivity contribution in [2.45, 2.75) is 25.3 Å². The second-order valence-corrected chi connectivity index (χ2v) is 5.56. The van der Waals surface area contributed by atoms with Crippen LogP contribution < -0.4 is 10.6 Å². The fraction of sp³-hybridized carbons (Fsp3) is 0.316. The van der Waals surface area contributed by atoms with Gasteiger partial charge in [0.25, 0.3) is 0 Å². The third-order valence-electron chi connectivity index (χ3n) is 3.65. The van der Waals surface area contributed by atoms with Gasteiger partial charge in [0, 0.05) is 6.54 Å². The molecule has 0 radical (unpaired) electrons. The monoisotopic (exact) mass is 312 g/mol. The summed E-state index contributed by atoms with van der Waals surface area (Å²) in [5, 5.41) is 15.1. The molecule has 0 aliphatic heterocycles. The van der Waals surface area contributed by atoms with Crippen molar-refractivity contribution >= 4 is 6.03 Å². The summed E-state index contributed by atoms with van der Waals surface area (Å²) < 4.78 is 0. The number of amides is 2. The molecule has 2 aromatic carbocycles. The Kier molecular flexibility index (Phi) is 7.14. The molecule has 0 aliphatic carbocycles. The molecule has 4 nitrogen and oxygen atoms in total. The maximum atomic E-state index is 11.9. The molecule has 0 spiro atoms. The lowest BCUT2D eigenvalue weighted by atomic mass is 10.1. The zero-order chi connectivity index (χ0) is 16.3. The molecule has 0 unspecified atom stereocenters. The normalized spacial score (nSPS) is 11.7. The van der Waals surface area contributed by atoms with Gasteiger partial charge in [0.2, 0.25) is 0 Å². The highest BCUT2D eigenvalue weighted by Crippen LogP contribution is 2.03. The van der Waals surface area contributed by atoms with Crippen molar-refractivity contribution in [1.29, 1.82) is 0 Å². The number of hydrogen-bond acceptors (Lipinski definition) is 2. The van der Waals surface area contributed by atoms with Crippen LogP contribution >= 0.6 is 0 Å². The fourth-order valence-corrected chi connectivity index (χ4v) is 2.44. The van der Waals surface area contributed by atoms with E-state index < -0.39 is 0 Å². The number of nitrogens with one attached hydrogen (secondary N) is 2. The number of rotatable bonds is 8. The van der Waals surface area contributed by atoms with Crippen LogP contribution in [0.1, 0.15) is 17.5 Å². The molecule has 2 rings (SSSR count). The van der Waals surface area contributed by atoms with Gasteiger partial charge in [-0.1, -0.05) is 60.7 Å². The Bertz CT molecular complexity index is 572. The summed E-state index contributed by atoms with van der Waals surface area (Å²) >= 11 is 0. The first-order valence-corrected chi connectivity index (χ1v) is 8.01. The molecular formula is C19H24N2O2. The van der Waals surface area contributed by atoms with Crippen molar-refractivity contribution in [3.8, 4) is 0 Å². The lowest BCUT2D eigenvalue weighted by Gasteiger charge is -2.17. The molecule has 0 heterocycles. The number of aliphatic hydroxyl groups is 1. The van der Waals surface area contributed by atoms with Gasteiger partial charge in [-0.15, -0.1) is 0 Å². The van der Waals surface area contributed by atoms with E-state index in [0.29, 0.717) is 13.0 Å². The summed E-state index contributed by atoms with van der Waals surface area (Å²) in [6.07, 6.45) is 2.45. The number of carbonyl (C=O) groups is 1. The fourth-order valence-electron chi connectivity index (χ4n) is 2.44. The van der Waals surface area contributed by atoms with Crippen molar-refractivity contribution in [2.24, 2.45) is 0 Å². The Morgan fingerprint density at radius 2 is 1.57 bits per heavy atom. The molecule has 0 saturated carbocycles. The maximum absolute atomic E-state index is 11.9. The largest absolute Gasteiger partial charge is 0.394 e. The zero-order valence-electron chi connectivity index (χ0n) is 13.2. The second-order valence-electron chi connectivity index (χ2n) is 5.56. The quantitative estimate of drug-likeness (QED) is 0.656. The Labute approximate surface area is 137 Å². The third-order valence-corrected chi connectivity index (χ3v) is 3.65. The standard InChI is InChI=1S/C19H24N2O2/c22-15-18(14-17-10-5-2-6-11-17)21-19(23)20-13-7-12-16-8-3-1-4-9-16/h1-6,8-11,18,22H,7,12-15H2,(H2,20,21,23)/t18-/m0/s1. The van der Waals surface area contributed by atoms with Crippen molar-refractivity contribution in [3.05, 3.63) is 71.8 Å². The second kappa shape index (κ2) is 9.64. The first kappa shape index (κ1) is 17.0. The number of carbonyl (C=O) groups excluding carboxylic acids is 1. The molecule has 2 aromatic rings. The Balaban J connectivity index is 1.66. The number of aliphatic hydroxyl groups excluding tert-OH is 1. The van der Waals surface area contributed by atoms with E-state index in [4.69, 9.17) is 0 Å². The van der Waals surface area contributed by atoms with E-state index in [1.165, 1.54) is 5.56 Å². The van der Waals surface area contributed by atoms with Crippen LogP contribution in [-0.2, 0) is 12.8 Å². The Morgan fingerprint density at radius 1 is 0.957 bits per heavy atom. The summed E-state index contributed by atoms with van der Waals surface area (Å²) in [6, 6.07) is 19.5. The van der Waals surface area contributed by atoms with Gasteiger partial charge in [-0.2, -0.15) is 0 Å². The molecule has 23 heavy (non-hydrogen) atoms. The highest BCUT2D eigenvalue weighted by Gasteiger charge is 2.11. The molecule has 122 valence electrons. The van der Waals surface area contributed by atoms with Gasteiger partial charge in [-0.25, -0.2) is 4.79 Å². The molecule has 4 heteroatoms. The number of benzene rings is 2. The van der Waals surface area contributed by atoms with E-state index in [-0.39, 0.29) is 18.7 Å². The van der Waals surface area contributed by atoms with Crippen LogP contribution in [0.4, 0.5) is 4.79 Å². The molecule has 3 N–H and O–H groups in total. The summed E-state index contributed by atoms with van der Waals surface area (Å²) in [6.45, 7) is 0.538. The molecule has 0 saturated heterocycles. The molecule has 0 fully saturated rings. The Hall–Kier alpha value is -2.33.